The molecule has 2 aliphatic rings. The molecular weight excluding hydrogens is 332 g/mol. The second-order valence-electron chi connectivity index (χ2n) is 7.37. The molecule has 2 aromatic rings. The molecule has 2 fully saturated rings. The zero-order valence-corrected chi connectivity index (χ0v) is 15.5. The van der Waals surface area contributed by atoms with Gasteiger partial charge in [0.25, 0.3) is 0 Å². The Bertz CT molecular complexity index is 707. The van der Waals surface area contributed by atoms with Crippen molar-refractivity contribution in [3.05, 3.63) is 64.9 Å². The summed E-state index contributed by atoms with van der Waals surface area (Å²) in [4.78, 5) is 6.77. The highest BCUT2D eigenvalue weighted by Crippen LogP contribution is 2.51. The van der Waals surface area contributed by atoms with Crippen molar-refractivity contribution in [3.63, 3.8) is 0 Å². The van der Waals surface area contributed by atoms with Gasteiger partial charge in [0.15, 0.2) is 0 Å². The molecule has 25 heavy (non-hydrogen) atoms. The van der Waals surface area contributed by atoms with Crippen LogP contribution in [0.3, 0.4) is 0 Å². The second kappa shape index (κ2) is 7.06. The van der Waals surface area contributed by atoms with Gasteiger partial charge in [-0.15, -0.1) is 0 Å². The summed E-state index contributed by atoms with van der Waals surface area (Å²) >= 11 is 6.20. The van der Waals surface area contributed by atoms with Crippen molar-refractivity contribution in [2.45, 2.75) is 31.4 Å². The van der Waals surface area contributed by atoms with Crippen LogP contribution in [0.25, 0.3) is 0 Å². The Hall–Kier alpha value is -1.42. The monoisotopic (exact) mass is 356 g/mol. The summed E-state index contributed by atoms with van der Waals surface area (Å²) in [6.45, 7) is 3.16. The molecule has 2 bridgehead atoms. The van der Waals surface area contributed by atoms with E-state index in [9.17, 15) is 0 Å². The molecule has 1 saturated heterocycles. The first-order valence-electron chi connectivity index (χ1n) is 9.16. The molecule has 4 rings (SSSR count). The first kappa shape index (κ1) is 17.0. The summed E-state index contributed by atoms with van der Waals surface area (Å²) in [6, 6.07) is 14.9. The average Bonchev–Trinajstić information content (AvgIpc) is 2.62. The predicted octanol–water partition coefficient (Wildman–Crippen LogP) is 4.51. The van der Waals surface area contributed by atoms with Crippen molar-refractivity contribution in [1.82, 2.24) is 9.88 Å². The molecule has 1 aliphatic carbocycles. The largest absolute Gasteiger partial charge is 0.373 e. The van der Waals surface area contributed by atoms with Gasteiger partial charge in [0.2, 0.25) is 0 Å². The van der Waals surface area contributed by atoms with Crippen LogP contribution in [0.4, 0.5) is 0 Å². The van der Waals surface area contributed by atoms with Crippen LogP contribution in [0.15, 0.2) is 48.7 Å². The lowest BCUT2D eigenvalue weighted by Gasteiger charge is -2.55. The van der Waals surface area contributed by atoms with Crippen LogP contribution in [0.1, 0.15) is 30.4 Å². The number of rotatable bonds is 4. The van der Waals surface area contributed by atoms with Crippen molar-refractivity contribution in [2.75, 3.05) is 20.2 Å². The van der Waals surface area contributed by atoms with Gasteiger partial charge < -0.3 is 4.74 Å². The molecule has 1 unspecified atom stereocenters. The van der Waals surface area contributed by atoms with Gasteiger partial charge in [0, 0.05) is 44.8 Å². The van der Waals surface area contributed by atoms with Crippen LogP contribution in [-0.2, 0) is 16.9 Å². The Morgan fingerprint density at radius 3 is 2.52 bits per heavy atom. The Morgan fingerprint density at radius 2 is 1.88 bits per heavy atom. The molecule has 1 aromatic carbocycles. The molecule has 0 spiro atoms. The molecule has 1 aliphatic heterocycles. The number of halogens is 1. The third-order valence-corrected chi connectivity index (χ3v) is 6.25. The van der Waals surface area contributed by atoms with Gasteiger partial charge in [-0.1, -0.05) is 48.4 Å². The fourth-order valence-corrected chi connectivity index (χ4v) is 5.24. The van der Waals surface area contributed by atoms with Crippen molar-refractivity contribution in [3.8, 4) is 0 Å². The molecular formula is C21H25ClN2O. The van der Waals surface area contributed by atoms with Crippen molar-refractivity contribution >= 4 is 11.6 Å². The van der Waals surface area contributed by atoms with E-state index in [0.29, 0.717) is 17.0 Å². The third kappa shape index (κ3) is 3.10. The van der Waals surface area contributed by atoms with E-state index in [1.807, 2.05) is 19.4 Å². The topological polar surface area (TPSA) is 25.4 Å². The highest BCUT2D eigenvalue weighted by molar-refractivity contribution is 6.29. The lowest BCUT2D eigenvalue weighted by molar-refractivity contribution is -0.170. The molecule has 132 valence electrons. The second-order valence-corrected chi connectivity index (χ2v) is 7.76. The van der Waals surface area contributed by atoms with Crippen molar-refractivity contribution < 1.29 is 4.74 Å². The lowest BCUT2D eigenvalue weighted by atomic mass is 9.62. The molecule has 0 N–H and O–H groups in total. The number of fused-ring (bicyclic) bond motifs is 2. The Balaban J connectivity index is 1.63. The summed E-state index contributed by atoms with van der Waals surface area (Å²) in [5.74, 6) is 0.986. The quantitative estimate of drug-likeness (QED) is 0.754. The number of likely N-dealkylation sites (tertiary alicyclic amines) is 1. The smallest absolute Gasteiger partial charge is 0.129 e. The van der Waals surface area contributed by atoms with Gasteiger partial charge in [-0.2, -0.15) is 0 Å². The number of ether oxygens (including phenoxy) is 1. The SMILES string of the molecule is COC1(c2ccnc(Cl)c2)[C@@H]2CCC[C@H]1CN(Cc1ccccc1)C2. The lowest BCUT2D eigenvalue weighted by Crippen LogP contribution is -2.58. The van der Waals surface area contributed by atoms with Crippen LogP contribution < -0.4 is 0 Å². The van der Waals surface area contributed by atoms with E-state index in [1.54, 1.807) is 0 Å². The summed E-state index contributed by atoms with van der Waals surface area (Å²) in [5, 5.41) is 0.554. The van der Waals surface area contributed by atoms with Gasteiger partial charge in [0.1, 0.15) is 10.8 Å². The van der Waals surface area contributed by atoms with E-state index >= 15 is 0 Å². The van der Waals surface area contributed by atoms with E-state index in [2.05, 4.69) is 46.3 Å². The summed E-state index contributed by atoms with van der Waals surface area (Å²) in [7, 11) is 1.87. The first-order chi connectivity index (χ1) is 12.2. The zero-order valence-electron chi connectivity index (χ0n) is 14.7. The highest BCUT2D eigenvalue weighted by atomic mass is 35.5. The fraction of sp³-hybridized carbons (Fsp3) is 0.476. The maximum absolute atomic E-state index is 6.27. The van der Waals surface area contributed by atoms with Gasteiger partial charge in [-0.3, -0.25) is 4.90 Å². The number of pyridine rings is 1. The van der Waals surface area contributed by atoms with Gasteiger partial charge in [-0.05, 0) is 36.1 Å². The Morgan fingerprint density at radius 1 is 1.16 bits per heavy atom. The molecule has 3 atom stereocenters. The Labute approximate surface area is 155 Å². The normalized spacial score (nSPS) is 29.5. The number of hydrogen-bond donors (Lipinski definition) is 0. The van der Waals surface area contributed by atoms with Gasteiger partial charge in [0.05, 0.1) is 0 Å². The number of methoxy groups -OCH3 is 1. The molecule has 0 amide bonds. The predicted molar refractivity (Wildman–Crippen MR) is 100 cm³/mol. The number of benzene rings is 1. The van der Waals surface area contributed by atoms with Gasteiger partial charge in [-0.25, -0.2) is 4.98 Å². The molecule has 4 heteroatoms. The molecule has 1 aromatic heterocycles. The van der Waals surface area contributed by atoms with Crippen LogP contribution in [-0.4, -0.2) is 30.1 Å². The van der Waals surface area contributed by atoms with Crippen molar-refractivity contribution in [1.29, 1.82) is 0 Å². The van der Waals surface area contributed by atoms with E-state index < -0.39 is 0 Å². The molecule has 1 saturated carbocycles. The number of piperidine rings is 1. The third-order valence-electron chi connectivity index (χ3n) is 6.04. The molecule has 3 nitrogen and oxygen atoms in total. The minimum atomic E-state index is -0.224. The van der Waals surface area contributed by atoms with Gasteiger partial charge >= 0.3 is 0 Å². The van der Waals surface area contributed by atoms with Crippen molar-refractivity contribution in [2.24, 2.45) is 11.8 Å². The average molecular weight is 357 g/mol. The first-order valence-corrected chi connectivity index (χ1v) is 9.53. The fourth-order valence-electron chi connectivity index (χ4n) is 5.06. The summed E-state index contributed by atoms with van der Waals surface area (Å²) in [5.41, 5.74) is 2.36. The van der Waals surface area contributed by atoms with Crippen LogP contribution in [0, 0.1) is 11.8 Å². The highest BCUT2D eigenvalue weighted by Gasteiger charge is 2.53. The standard InChI is InChI=1S/C21H25ClN2O/c1-25-21(17-10-11-23-20(22)12-17)18-8-5-9-19(21)15-24(14-18)13-16-6-3-2-4-7-16/h2-4,6-7,10-12,18-19H,5,8-9,13-15H2,1H3/t18-,19+,21?. The maximum atomic E-state index is 6.27. The van der Waals surface area contributed by atoms with E-state index in [0.717, 1.165) is 19.6 Å². The summed E-state index contributed by atoms with van der Waals surface area (Å²) < 4.78 is 6.27. The number of nitrogens with zero attached hydrogens (tertiary/aromatic N) is 2. The van der Waals surface area contributed by atoms with Crippen LogP contribution in [0.5, 0.6) is 0 Å². The summed E-state index contributed by atoms with van der Waals surface area (Å²) in [6.07, 6.45) is 5.51. The van der Waals surface area contributed by atoms with E-state index in [1.165, 1.54) is 30.4 Å². The van der Waals surface area contributed by atoms with E-state index in [4.69, 9.17) is 16.3 Å². The van der Waals surface area contributed by atoms with Crippen LogP contribution >= 0.6 is 11.6 Å². The number of aromatic nitrogens is 1. The Kier molecular flexibility index (Phi) is 4.81. The minimum Gasteiger partial charge on any atom is -0.373 e. The zero-order chi connectivity index (χ0) is 17.3. The maximum Gasteiger partial charge on any atom is 0.129 e. The molecule has 0 radical (unpaired) electrons. The van der Waals surface area contributed by atoms with Crippen LogP contribution in [0.2, 0.25) is 5.15 Å². The van der Waals surface area contributed by atoms with E-state index in [-0.39, 0.29) is 5.60 Å². The molecule has 2 heterocycles. The number of hydrogen-bond acceptors (Lipinski definition) is 3. The minimum absolute atomic E-state index is 0.224.